The van der Waals surface area contributed by atoms with Crippen LogP contribution in [0.25, 0.3) is 6.08 Å². The van der Waals surface area contributed by atoms with E-state index in [2.05, 4.69) is 0 Å². The lowest BCUT2D eigenvalue weighted by molar-refractivity contribution is -0.385. The highest BCUT2D eigenvalue weighted by Gasteiger charge is 2.36. The van der Waals surface area contributed by atoms with Crippen LogP contribution >= 0.6 is 11.8 Å². The summed E-state index contributed by atoms with van der Waals surface area (Å²) >= 11 is 1.18. The number of anilines is 1. The minimum atomic E-state index is -0.496. The maximum atomic E-state index is 13.7. The predicted molar refractivity (Wildman–Crippen MR) is 141 cm³/mol. The van der Waals surface area contributed by atoms with Crippen LogP contribution in [-0.2, 0) is 4.79 Å². The lowest BCUT2D eigenvalue weighted by Gasteiger charge is -2.17. The highest BCUT2D eigenvalue weighted by atomic mass is 32.2. The van der Waals surface area contributed by atoms with Crippen LogP contribution in [0, 0.1) is 37.8 Å². The van der Waals surface area contributed by atoms with Crippen molar-refractivity contribution in [3.63, 3.8) is 0 Å². The van der Waals surface area contributed by atoms with Crippen LogP contribution in [0.4, 0.5) is 17.1 Å². The summed E-state index contributed by atoms with van der Waals surface area (Å²) in [6.45, 7) is 8.03. The standard InChI is InChI=1S/C27H23N3O5S/c1-15-5-7-20(9-17(15)3)28-27-29(21-8-6-16(2)18(4)10-21)26(31)25(36-27)12-19-11-23-24(35-14-34-23)13-22(19)30(32)33/h5-13H,14H2,1-4H3/b25-12+,28-27?. The third-order valence-corrected chi connectivity index (χ3v) is 7.24. The van der Waals surface area contributed by atoms with Crippen molar-refractivity contribution in [3.05, 3.63) is 91.4 Å². The number of thioether (sulfide) groups is 1. The molecule has 0 spiro atoms. The molecule has 0 aliphatic carbocycles. The zero-order valence-electron chi connectivity index (χ0n) is 20.2. The molecule has 36 heavy (non-hydrogen) atoms. The Morgan fingerprint density at radius 3 is 2.28 bits per heavy atom. The average Bonchev–Trinajstić information content (AvgIpc) is 3.41. The van der Waals surface area contributed by atoms with Gasteiger partial charge in [0.1, 0.15) is 0 Å². The molecule has 0 bridgehead atoms. The minimum absolute atomic E-state index is 0.00643. The Balaban J connectivity index is 1.63. The number of hydrogen-bond donors (Lipinski definition) is 0. The van der Waals surface area contributed by atoms with E-state index in [1.165, 1.54) is 30.0 Å². The Morgan fingerprint density at radius 1 is 0.944 bits per heavy atom. The fraction of sp³-hybridized carbons (Fsp3) is 0.185. The molecule has 182 valence electrons. The van der Waals surface area contributed by atoms with Crippen molar-refractivity contribution in [1.29, 1.82) is 0 Å². The maximum Gasteiger partial charge on any atom is 0.280 e. The molecule has 1 fully saturated rings. The van der Waals surface area contributed by atoms with Gasteiger partial charge in [-0.05, 0) is 98.1 Å². The van der Waals surface area contributed by atoms with Gasteiger partial charge in [-0.15, -0.1) is 0 Å². The van der Waals surface area contributed by atoms with Gasteiger partial charge in [-0.25, -0.2) is 4.99 Å². The molecule has 9 heteroatoms. The van der Waals surface area contributed by atoms with Gasteiger partial charge in [-0.2, -0.15) is 0 Å². The van der Waals surface area contributed by atoms with Crippen LogP contribution in [0.5, 0.6) is 11.5 Å². The fourth-order valence-corrected chi connectivity index (χ4v) is 4.90. The summed E-state index contributed by atoms with van der Waals surface area (Å²) in [5.41, 5.74) is 5.88. The van der Waals surface area contributed by atoms with Crippen LogP contribution < -0.4 is 14.4 Å². The fourth-order valence-electron chi connectivity index (χ4n) is 3.91. The predicted octanol–water partition coefficient (Wildman–Crippen LogP) is 6.37. The second-order valence-electron chi connectivity index (χ2n) is 8.70. The maximum absolute atomic E-state index is 13.7. The lowest BCUT2D eigenvalue weighted by atomic mass is 10.1. The first-order valence-electron chi connectivity index (χ1n) is 11.3. The van der Waals surface area contributed by atoms with Crippen molar-refractivity contribution in [2.24, 2.45) is 4.99 Å². The van der Waals surface area contributed by atoms with Crippen molar-refractivity contribution in [2.75, 3.05) is 11.7 Å². The highest BCUT2D eigenvalue weighted by Crippen LogP contribution is 2.42. The quantitative estimate of drug-likeness (QED) is 0.234. The smallest absolute Gasteiger partial charge is 0.280 e. The van der Waals surface area contributed by atoms with Gasteiger partial charge in [0.25, 0.3) is 11.6 Å². The number of hydrogen-bond acceptors (Lipinski definition) is 7. The molecule has 0 radical (unpaired) electrons. The summed E-state index contributed by atoms with van der Waals surface area (Å²) in [6, 6.07) is 14.5. The molecule has 0 aromatic heterocycles. The molecule has 2 aliphatic heterocycles. The van der Waals surface area contributed by atoms with E-state index < -0.39 is 4.92 Å². The largest absolute Gasteiger partial charge is 0.454 e. The molecule has 0 atom stereocenters. The van der Waals surface area contributed by atoms with E-state index in [-0.39, 0.29) is 24.0 Å². The topological polar surface area (TPSA) is 94.3 Å². The molecule has 2 aliphatic rings. The average molecular weight is 502 g/mol. The van der Waals surface area contributed by atoms with Gasteiger partial charge in [-0.3, -0.25) is 19.8 Å². The monoisotopic (exact) mass is 501 g/mol. The van der Waals surface area contributed by atoms with E-state index in [0.29, 0.717) is 27.3 Å². The number of nitro benzene ring substituents is 1. The van der Waals surface area contributed by atoms with E-state index >= 15 is 0 Å². The van der Waals surface area contributed by atoms with E-state index in [1.807, 2.05) is 64.1 Å². The molecule has 2 heterocycles. The first-order chi connectivity index (χ1) is 17.2. The molecular formula is C27H23N3O5S. The number of rotatable bonds is 4. The first kappa shape index (κ1) is 23.6. The Kier molecular flexibility index (Phi) is 6.01. The number of carbonyl (C=O) groups is 1. The van der Waals surface area contributed by atoms with E-state index in [0.717, 1.165) is 27.9 Å². The zero-order valence-corrected chi connectivity index (χ0v) is 21.0. The molecule has 0 saturated carbocycles. The summed E-state index contributed by atoms with van der Waals surface area (Å²) in [7, 11) is 0. The summed E-state index contributed by atoms with van der Waals surface area (Å²) in [4.78, 5) is 31.6. The Morgan fingerprint density at radius 2 is 1.61 bits per heavy atom. The molecule has 1 saturated heterocycles. The van der Waals surface area contributed by atoms with Crippen molar-refractivity contribution in [3.8, 4) is 11.5 Å². The number of nitrogens with zero attached hydrogens (tertiary/aromatic N) is 3. The van der Waals surface area contributed by atoms with Gasteiger partial charge in [0.15, 0.2) is 16.7 Å². The van der Waals surface area contributed by atoms with Crippen LogP contribution in [0.2, 0.25) is 0 Å². The van der Waals surface area contributed by atoms with Gasteiger partial charge in [0, 0.05) is 0 Å². The third-order valence-electron chi connectivity index (χ3n) is 6.28. The van der Waals surface area contributed by atoms with E-state index in [9.17, 15) is 14.9 Å². The summed E-state index contributed by atoms with van der Waals surface area (Å²) < 4.78 is 10.7. The van der Waals surface area contributed by atoms with Crippen LogP contribution in [0.15, 0.2) is 58.4 Å². The Bertz CT molecular complexity index is 1490. The second kappa shape index (κ2) is 9.16. The number of nitro groups is 1. The third kappa shape index (κ3) is 4.33. The van der Waals surface area contributed by atoms with Crippen LogP contribution in [0.3, 0.4) is 0 Å². The summed E-state index contributed by atoms with van der Waals surface area (Å²) in [6.07, 6.45) is 1.52. The molecule has 3 aromatic carbocycles. The van der Waals surface area contributed by atoms with E-state index in [4.69, 9.17) is 14.5 Å². The summed E-state index contributed by atoms with van der Waals surface area (Å²) in [5.74, 6) is 0.402. The van der Waals surface area contributed by atoms with Crippen LogP contribution in [-0.4, -0.2) is 22.8 Å². The molecule has 0 unspecified atom stereocenters. The SMILES string of the molecule is Cc1ccc(N=C2S/C(=C/c3cc4c(cc3[N+](=O)[O-])OCO4)C(=O)N2c2ccc(C)c(C)c2)cc1C. The number of ether oxygens (including phenoxy) is 2. The Labute approximate surface area is 212 Å². The molecule has 0 N–H and O–H groups in total. The molecule has 5 rings (SSSR count). The van der Waals surface area contributed by atoms with Crippen molar-refractivity contribution >= 4 is 46.0 Å². The molecular weight excluding hydrogens is 478 g/mol. The van der Waals surface area contributed by atoms with Crippen molar-refractivity contribution in [1.82, 2.24) is 0 Å². The number of aliphatic imine (C=N–C) groups is 1. The molecule has 3 aromatic rings. The highest BCUT2D eigenvalue weighted by molar-refractivity contribution is 8.19. The minimum Gasteiger partial charge on any atom is -0.454 e. The van der Waals surface area contributed by atoms with Gasteiger partial charge in [0.2, 0.25) is 6.79 Å². The first-order valence-corrected chi connectivity index (χ1v) is 12.1. The zero-order chi connectivity index (χ0) is 25.6. The number of benzene rings is 3. The van der Waals surface area contributed by atoms with Crippen molar-refractivity contribution < 1.29 is 19.2 Å². The van der Waals surface area contributed by atoms with E-state index in [1.54, 1.807) is 4.90 Å². The molecule has 8 nitrogen and oxygen atoms in total. The number of amidine groups is 1. The van der Waals surface area contributed by atoms with Gasteiger partial charge in [-0.1, -0.05) is 12.1 Å². The molecule has 1 amide bonds. The van der Waals surface area contributed by atoms with Crippen molar-refractivity contribution in [2.45, 2.75) is 27.7 Å². The van der Waals surface area contributed by atoms with Crippen LogP contribution in [0.1, 0.15) is 27.8 Å². The number of fused-ring (bicyclic) bond motifs is 1. The Hall–Kier alpha value is -4.11. The normalized spacial score (nSPS) is 16.9. The number of aryl methyl sites for hydroxylation is 4. The van der Waals surface area contributed by atoms with Gasteiger partial charge < -0.3 is 9.47 Å². The lowest BCUT2D eigenvalue weighted by Crippen LogP contribution is -2.28. The number of amides is 1. The van der Waals surface area contributed by atoms with Gasteiger partial charge >= 0.3 is 0 Å². The van der Waals surface area contributed by atoms with Gasteiger partial charge in [0.05, 0.1) is 32.8 Å². The summed E-state index contributed by atoms with van der Waals surface area (Å²) in [5, 5.41) is 12.2. The number of carbonyl (C=O) groups excluding carboxylic acids is 1. The second-order valence-corrected chi connectivity index (χ2v) is 9.71.